The molecule has 1 heteroatoms. The van der Waals surface area contributed by atoms with Gasteiger partial charge in [0, 0.05) is 0 Å². The van der Waals surface area contributed by atoms with Crippen molar-refractivity contribution in [1.29, 1.82) is 0 Å². The third kappa shape index (κ3) is 2.71. The zero-order valence-electron chi connectivity index (χ0n) is 7.60. The molecule has 2 aromatic carbocycles. The number of aldehydes is 1. The molecular weight excluding hydrogens is 160 g/mol. The van der Waals surface area contributed by atoms with Crippen molar-refractivity contribution in [3.8, 4) is 0 Å². The van der Waals surface area contributed by atoms with Crippen molar-refractivity contribution in [3.63, 3.8) is 0 Å². The van der Waals surface area contributed by atoms with E-state index in [-0.39, 0.29) is 0 Å². The van der Waals surface area contributed by atoms with E-state index in [0.717, 1.165) is 6.29 Å². The molecule has 0 radical (unpaired) electrons. The van der Waals surface area contributed by atoms with Crippen LogP contribution in [0.4, 0.5) is 0 Å². The largest absolute Gasteiger partial charge is 0.304 e. The van der Waals surface area contributed by atoms with Gasteiger partial charge >= 0.3 is 0 Å². The normalized spacial score (nSPS) is 8.69. The Morgan fingerprint density at radius 3 is 1.31 bits per heavy atom. The minimum absolute atomic E-state index is 0.750. The first-order valence-electron chi connectivity index (χ1n) is 4.22. The van der Waals surface area contributed by atoms with E-state index in [4.69, 9.17) is 4.79 Å². The molecule has 2 aromatic rings. The second kappa shape index (κ2) is 5.09. The predicted octanol–water partition coefficient (Wildman–Crippen LogP) is 3.05. The lowest BCUT2D eigenvalue weighted by atomic mass is 10.1. The maximum absolute atomic E-state index is 8.81. The summed E-state index contributed by atoms with van der Waals surface area (Å²) in [7, 11) is 0. The van der Waals surface area contributed by atoms with Crippen LogP contribution in [0, 0.1) is 0 Å². The van der Waals surface area contributed by atoms with Crippen LogP contribution in [0.2, 0.25) is 0 Å². The molecule has 0 N–H and O–H groups in total. The molecule has 1 nitrogen and oxygen atoms in total. The fourth-order valence-corrected chi connectivity index (χ4v) is 1.13. The number of fused-ring (bicyclic) bond motifs is 1. The van der Waals surface area contributed by atoms with Crippen LogP contribution in [0.25, 0.3) is 10.8 Å². The Bertz CT molecular complexity index is 314. The maximum atomic E-state index is 8.81. The number of hydrogen-bond acceptors (Lipinski definition) is 1. The Labute approximate surface area is 78.0 Å². The molecule has 0 unspecified atom stereocenters. The number of benzene rings is 2. The van der Waals surface area contributed by atoms with E-state index in [9.17, 15) is 0 Å². The Morgan fingerprint density at radius 2 is 1.08 bits per heavy atom. The van der Waals surface area contributed by atoms with Gasteiger partial charge in [0.2, 0.25) is 0 Å². The Balaban J connectivity index is 0.000000251. The highest BCUT2D eigenvalue weighted by Crippen LogP contribution is 2.11. The summed E-state index contributed by atoms with van der Waals surface area (Å²) < 4.78 is 0. The molecular formula is C12H12O. The van der Waals surface area contributed by atoms with E-state index in [1.165, 1.54) is 17.7 Å². The average Bonchev–Trinajstić information content (AvgIpc) is 2.19. The van der Waals surface area contributed by atoms with E-state index < -0.39 is 0 Å². The van der Waals surface area contributed by atoms with Crippen molar-refractivity contribution >= 4 is 17.1 Å². The van der Waals surface area contributed by atoms with Gasteiger partial charge in [-0.15, -0.1) is 0 Å². The van der Waals surface area contributed by atoms with Gasteiger partial charge in [-0.1, -0.05) is 48.5 Å². The SMILES string of the molecule is CC=O.c1ccc2ccccc2c1. The highest BCUT2D eigenvalue weighted by atomic mass is 16.1. The molecule has 0 bridgehead atoms. The third-order valence-corrected chi connectivity index (χ3v) is 1.66. The molecule has 0 aliphatic heterocycles. The summed E-state index contributed by atoms with van der Waals surface area (Å²) in [6, 6.07) is 16.7. The van der Waals surface area contributed by atoms with Gasteiger partial charge in [0.15, 0.2) is 0 Å². The first-order chi connectivity index (χ1) is 6.38. The molecule has 0 atom stereocenters. The standard InChI is InChI=1S/C10H8.C2H4O/c1-2-6-10-8-4-3-7-9(10)5-1;1-2-3/h1-8H;2H,1H3. The molecule has 0 aliphatic carbocycles. The van der Waals surface area contributed by atoms with Crippen LogP contribution in [-0.4, -0.2) is 6.29 Å². The molecule has 66 valence electrons. The molecule has 0 saturated carbocycles. The first kappa shape index (κ1) is 9.46. The summed E-state index contributed by atoms with van der Waals surface area (Å²) in [6.45, 7) is 1.44. The molecule has 0 spiro atoms. The zero-order valence-corrected chi connectivity index (χ0v) is 7.60. The fraction of sp³-hybridized carbons (Fsp3) is 0.0833. The van der Waals surface area contributed by atoms with Crippen LogP contribution in [0.5, 0.6) is 0 Å². The van der Waals surface area contributed by atoms with Gasteiger partial charge in [0.05, 0.1) is 0 Å². The molecule has 0 saturated heterocycles. The molecule has 2 rings (SSSR count). The van der Waals surface area contributed by atoms with Crippen LogP contribution < -0.4 is 0 Å². The lowest BCUT2D eigenvalue weighted by molar-refractivity contribution is -0.106. The molecule has 0 fully saturated rings. The zero-order chi connectivity index (χ0) is 9.52. The topological polar surface area (TPSA) is 17.1 Å². The number of carbonyl (C=O) groups is 1. The minimum atomic E-state index is 0.750. The molecule has 13 heavy (non-hydrogen) atoms. The van der Waals surface area contributed by atoms with Gasteiger partial charge in [-0.3, -0.25) is 0 Å². The van der Waals surface area contributed by atoms with Crippen molar-refractivity contribution < 1.29 is 4.79 Å². The van der Waals surface area contributed by atoms with Crippen LogP contribution in [-0.2, 0) is 4.79 Å². The Hall–Kier alpha value is -1.63. The number of rotatable bonds is 0. The summed E-state index contributed by atoms with van der Waals surface area (Å²) >= 11 is 0. The van der Waals surface area contributed by atoms with Crippen molar-refractivity contribution in [3.05, 3.63) is 48.5 Å². The fourth-order valence-electron chi connectivity index (χ4n) is 1.13. The Morgan fingerprint density at radius 1 is 0.846 bits per heavy atom. The molecule has 0 aliphatic rings. The summed E-state index contributed by atoms with van der Waals surface area (Å²) in [5.41, 5.74) is 0. The van der Waals surface area contributed by atoms with Gasteiger partial charge in [0.25, 0.3) is 0 Å². The first-order valence-corrected chi connectivity index (χ1v) is 4.22. The van der Waals surface area contributed by atoms with Crippen LogP contribution in [0.1, 0.15) is 6.92 Å². The van der Waals surface area contributed by atoms with Crippen LogP contribution in [0.3, 0.4) is 0 Å². The molecule has 0 amide bonds. The molecule has 0 aromatic heterocycles. The van der Waals surface area contributed by atoms with E-state index in [1.807, 2.05) is 0 Å². The highest BCUT2D eigenvalue weighted by molar-refractivity contribution is 5.81. The smallest absolute Gasteiger partial charge is 0.116 e. The lowest BCUT2D eigenvalue weighted by Crippen LogP contribution is -1.67. The second-order valence-electron chi connectivity index (χ2n) is 2.58. The average molecular weight is 172 g/mol. The number of hydrogen-bond donors (Lipinski definition) is 0. The van der Waals surface area contributed by atoms with E-state index in [0.29, 0.717) is 0 Å². The van der Waals surface area contributed by atoms with Crippen molar-refractivity contribution in [1.82, 2.24) is 0 Å². The van der Waals surface area contributed by atoms with Crippen molar-refractivity contribution in [2.45, 2.75) is 6.92 Å². The van der Waals surface area contributed by atoms with E-state index in [1.54, 1.807) is 0 Å². The quantitative estimate of drug-likeness (QED) is 0.558. The van der Waals surface area contributed by atoms with Crippen LogP contribution >= 0.6 is 0 Å². The van der Waals surface area contributed by atoms with E-state index >= 15 is 0 Å². The summed E-state index contributed by atoms with van der Waals surface area (Å²) in [5.74, 6) is 0. The monoisotopic (exact) mass is 172 g/mol. The van der Waals surface area contributed by atoms with Gasteiger partial charge in [-0.25, -0.2) is 0 Å². The highest BCUT2D eigenvalue weighted by Gasteiger charge is 1.85. The molecule has 0 heterocycles. The lowest BCUT2D eigenvalue weighted by Gasteiger charge is -1.92. The summed E-state index contributed by atoms with van der Waals surface area (Å²) in [5, 5.41) is 2.62. The van der Waals surface area contributed by atoms with Crippen LogP contribution in [0.15, 0.2) is 48.5 Å². The van der Waals surface area contributed by atoms with Gasteiger partial charge in [-0.2, -0.15) is 0 Å². The van der Waals surface area contributed by atoms with Gasteiger partial charge < -0.3 is 4.79 Å². The van der Waals surface area contributed by atoms with Crippen molar-refractivity contribution in [2.24, 2.45) is 0 Å². The maximum Gasteiger partial charge on any atom is 0.116 e. The van der Waals surface area contributed by atoms with Gasteiger partial charge in [-0.05, 0) is 17.7 Å². The van der Waals surface area contributed by atoms with E-state index in [2.05, 4.69) is 48.5 Å². The second-order valence-corrected chi connectivity index (χ2v) is 2.58. The van der Waals surface area contributed by atoms with Crippen molar-refractivity contribution in [2.75, 3.05) is 0 Å². The predicted molar refractivity (Wildman–Crippen MR) is 55.7 cm³/mol. The minimum Gasteiger partial charge on any atom is -0.304 e. The number of carbonyl (C=O) groups excluding carboxylic acids is 1. The summed E-state index contributed by atoms with van der Waals surface area (Å²) in [4.78, 5) is 8.81. The summed E-state index contributed by atoms with van der Waals surface area (Å²) in [6.07, 6.45) is 0.750. The van der Waals surface area contributed by atoms with Gasteiger partial charge in [0.1, 0.15) is 6.29 Å². The Kier molecular flexibility index (Phi) is 3.71. The third-order valence-electron chi connectivity index (χ3n) is 1.66.